The largest absolute Gasteiger partial charge is 0.462 e. The summed E-state index contributed by atoms with van der Waals surface area (Å²) in [5, 5.41) is 0. The summed E-state index contributed by atoms with van der Waals surface area (Å²) in [4.78, 5) is 12.5. The molecule has 0 rings (SSSR count). The molecule has 12 heavy (non-hydrogen) atoms. The van der Waals surface area contributed by atoms with Crippen molar-refractivity contribution in [3.8, 4) is 0 Å². The van der Waals surface area contributed by atoms with E-state index in [0.717, 1.165) is 13.1 Å². The Morgan fingerprint density at radius 2 is 2.00 bits per heavy atom. The normalized spacial score (nSPS) is 10.3. The molecule has 0 unspecified atom stereocenters. The number of carbonyl (C=O) groups is 1. The molecule has 3 nitrogen and oxygen atoms in total. The zero-order valence-corrected chi connectivity index (χ0v) is 7.68. The fourth-order valence-corrected chi connectivity index (χ4v) is 0.867. The van der Waals surface area contributed by atoms with Crippen LogP contribution in [-0.2, 0) is 9.53 Å². The quantitative estimate of drug-likeness (QED) is 0.563. The highest BCUT2D eigenvalue weighted by atomic mass is 19.1. The topological polar surface area (TPSA) is 29.5 Å². The highest BCUT2D eigenvalue weighted by Crippen LogP contribution is 1.87. The molecule has 0 heterocycles. The highest BCUT2D eigenvalue weighted by molar-refractivity contribution is 5.70. The summed E-state index contributed by atoms with van der Waals surface area (Å²) in [6.07, 6.45) is 0. The number of nitrogens with zero attached hydrogens (tertiary/aromatic N) is 1. The van der Waals surface area contributed by atoms with E-state index >= 15 is 0 Å². The second-order valence-electron chi connectivity index (χ2n) is 2.38. The summed E-state index contributed by atoms with van der Waals surface area (Å²) in [5.74, 6) is -0.776. The first-order valence-electron chi connectivity index (χ1n) is 4.18. The number of rotatable bonds is 6. The molecule has 0 aliphatic heterocycles. The molecule has 0 amide bonds. The lowest BCUT2D eigenvalue weighted by molar-refractivity contribution is -0.145. The number of alkyl halides is 1. The third-order valence-corrected chi connectivity index (χ3v) is 1.67. The van der Waals surface area contributed by atoms with Crippen LogP contribution in [0, 0.1) is 0 Å². The predicted molar refractivity (Wildman–Crippen MR) is 44.7 cm³/mol. The molecule has 0 N–H and O–H groups in total. The average Bonchev–Trinajstić information content (AvgIpc) is 2.12. The summed E-state index contributed by atoms with van der Waals surface area (Å²) < 4.78 is 16.2. The fraction of sp³-hybridized carbons (Fsp3) is 0.875. The molecule has 4 heteroatoms. The average molecular weight is 177 g/mol. The molecule has 72 valence electrons. The minimum absolute atomic E-state index is 0.282. The number of halogens is 1. The molecular formula is C8H16FNO2. The van der Waals surface area contributed by atoms with Crippen molar-refractivity contribution in [3.63, 3.8) is 0 Å². The van der Waals surface area contributed by atoms with Crippen molar-refractivity contribution < 1.29 is 13.9 Å². The van der Waals surface area contributed by atoms with Gasteiger partial charge in [-0.25, -0.2) is 9.18 Å². The van der Waals surface area contributed by atoms with E-state index in [0.29, 0.717) is 6.54 Å². The number of hydrogen-bond donors (Lipinski definition) is 0. The van der Waals surface area contributed by atoms with Gasteiger partial charge in [-0.05, 0) is 13.1 Å². The Morgan fingerprint density at radius 1 is 1.42 bits per heavy atom. The standard InChI is InChI=1S/C8H16FNO2/c1-3-10(4-2)5-6-12-8(11)7-9/h3-7H2,1-2H3. The van der Waals surface area contributed by atoms with Crippen molar-refractivity contribution in [2.75, 3.05) is 32.9 Å². The van der Waals surface area contributed by atoms with Crippen molar-refractivity contribution in [2.45, 2.75) is 13.8 Å². The van der Waals surface area contributed by atoms with Crippen LogP contribution in [0.5, 0.6) is 0 Å². The van der Waals surface area contributed by atoms with Gasteiger partial charge in [-0.15, -0.1) is 0 Å². The third-order valence-electron chi connectivity index (χ3n) is 1.67. The molecule has 0 aromatic carbocycles. The summed E-state index contributed by atoms with van der Waals surface area (Å²) in [7, 11) is 0. The van der Waals surface area contributed by atoms with E-state index in [4.69, 9.17) is 0 Å². The van der Waals surface area contributed by atoms with Crippen LogP contribution in [0.1, 0.15) is 13.8 Å². The molecule has 0 aromatic heterocycles. The zero-order valence-electron chi connectivity index (χ0n) is 7.68. The van der Waals surface area contributed by atoms with Crippen molar-refractivity contribution >= 4 is 5.97 Å². The Balaban J connectivity index is 3.34. The Kier molecular flexibility index (Phi) is 6.66. The first kappa shape index (κ1) is 11.4. The molecule has 0 radical (unpaired) electrons. The summed E-state index contributed by atoms with van der Waals surface area (Å²) >= 11 is 0. The maximum Gasteiger partial charge on any atom is 0.337 e. The van der Waals surface area contributed by atoms with Gasteiger partial charge < -0.3 is 9.64 Å². The first-order valence-corrected chi connectivity index (χ1v) is 4.18. The Morgan fingerprint density at radius 3 is 2.42 bits per heavy atom. The number of hydrogen-bond acceptors (Lipinski definition) is 3. The van der Waals surface area contributed by atoms with Crippen LogP contribution in [-0.4, -0.2) is 43.8 Å². The number of likely N-dealkylation sites (N-methyl/N-ethyl adjacent to an activating group) is 1. The lowest BCUT2D eigenvalue weighted by Gasteiger charge is -2.16. The van der Waals surface area contributed by atoms with E-state index in [-0.39, 0.29) is 6.61 Å². The lowest BCUT2D eigenvalue weighted by Crippen LogP contribution is -2.28. The van der Waals surface area contributed by atoms with Crippen molar-refractivity contribution in [1.29, 1.82) is 0 Å². The number of ether oxygens (including phenoxy) is 1. The molecule has 0 atom stereocenters. The number of carbonyl (C=O) groups excluding carboxylic acids is 1. The molecule has 0 fully saturated rings. The summed E-state index contributed by atoms with van der Waals surface area (Å²) in [6, 6.07) is 0. The van der Waals surface area contributed by atoms with E-state index < -0.39 is 12.6 Å². The molecular weight excluding hydrogens is 161 g/mol. The Bertz CT molecular complexity index is 126. The second kappa shape index (κ2) is 7.03. The molecule has 0 aromatic rings. The van der Waals surface area contributed by atoms with Crippen LogP contribution in [0.15, 0.2) is 0 Å². The van der Waals surface area contributed by atoms with E-state index in [1.807, 2.05) is 13.8 Å². The van der Waals surface area contributed by atoms with Gasteiger partial charge in [0.05, 0.1) is 0 Å². The smallest absolute Gasteiger partial charge is 0.337 e. The van der Waals surface area contributed by atoms with E-state index in [9.17, 15) is 9.18 Å². The van der Waals surface area contributed by atoms with Gasteiger partial charge in [0.25, 0.3) is 0 Å². The van der Waals surface area contributed by atoms with Crippen LogP contribution >= 0.6 is 0 Å². The summed E-state index contributed by atoms with van der Waals surface area (Å²) in [6.45, 7) is 5.83. The van der Waals surface area contributed by atoms with Crippen LogP contribution in [0.3, 0.4) is 0 Å². The van der Waals surface area contributed by atoms with Gasteiger partial charge in [-0.2, -0.15) is 0 Å². The van der Waals surface area contributed by atoms with Gasteiger partial charge in [0.15, 0.2) is 6.67 Å². The zero-order chi connectivity index (χ0) is 9.40. The molecule has 0 aliphatic rings. The van der Waals surface area contributed by atoms with Crippen LogP contribution < -0.4 is 0 Å². The van der Waals surface area contributed by atoms with E-state index in [1.165, 1.54) is 0 Å². The van der Waals surface area contributed by atoms with Gasteiger partial charge in [0.1, 0.15) is 6.61 Å². The number of esters is 1. The predicted octanol–water partition coefficient (Wildman–Crippen LogP) is 0.841. The second-order valence-corrected chi connectivity index (χ2v) is 2.38. The van der Waals surface area contributed by atoms with Crippen LogP contribution in [0.25, 0.3) is 0 Å². The lowest BCUT2D eigenvalue weighted by atomic mass is 10.5. The molecule has 0 spiro atoms. The Labute approximate surface area is 72.5 Å². The summed E-state index contributed by atoms with van der Waals surface area (Å²) in [5.41, 5.74) is 0. The van der Waals surface area contributed by atoms with Gasteiger partial charge >= 0.3 is 5.97 Å². The van der Waals surface area contributed by atoms with Crippen molar-refractivity contribution in [3.05, 3.63) is 0 Å². The molecule has 0 aliphatic carbocycles. The van der Waals surface area contributed by atoms with Gasteiger partial charge in [-0.1, -0.05) is 13.8 Å². The fourth-order valence-electron chi connectivity index (χ4n) is 0.867. The van der Waals surface area contributed by atoms with E-state index in [1.54, 1.807) is 0 Å². The van der Waals surface area contributed by atoms with E-state index in [2.05, 4.69) is 9.64 Å². The van der Waals surface area contributed by atoms with Crippen LogP contribution in [0.4, 0.5) is 4.39 Å². The van der Waals surface area contributed by atoms with Crippen LogP contribution in [0.2, 0.25) is 0 Å². The Hall–Kier alpha value is -0.640. The highest BCUT2D eigenvalue weighted by Gasteiger charge is 2.02. The maximum atomic E-state index is 11.6. The van der Waals surface area contributed by atoms with Gasteiger partial charge in [0, 0.05) is 6.54 Å². The van der Waals surface area contributed by atoms with Crippen molar-refractivity contribution in [1.82, 2.24) is 4.90 Å². The molecule has 0 bridgehead atoms. The maximum absolute atomic E-state index is 11.6. The van der Waals surface area contributed by atoms with Crippen molar-refractivity contribution in [2.24, 2.45) is 0 Å². The minimum Gasteiger partial charge on any atom is -0.462 e. The van der Waals surface area contributed by atoms with Gasteiger partial charge in [-0.3, -0.25) is 0 Å². The molecule has 0 saturated heterocycles. The first-order chi connectivity index (χ1) is 5.74. The van der Waals surface area contributed by atoms with Gasteiger partial charge in [0.2, 0.25) is 0 Å². The monoisotopic (exact) mass is 177 g/mol. The third kappa shape index (κ3) is 5.07. The minimum atomic E-state index is -1.03. The SMILES string of the molecule is CCN(CC)CCOC(=O)CF. The molecule has 0 saturated carbocycles.